The molecule has 0 atom stereocenters. The second kappa shape index (κ2) is 4.75. The van der Waals surface area contributed by atoms with Crippen LogP contribution in [0, 0.1) is 11.6 Å². The van der Waals surface area contributed by atoms with Gasteiger partial charge >= 0.3 is 0 Å². The van der Waals surface area contributed by atoms with Gasteiger partial charge in [-0.25, -0.2) is 4.98 Å². The Hall–Kier alpha value is -1.55. The molecule has 2 aromatic rings. The minimum Gasteiger partial charge on any atom is -0.345 e. The van der Waals surface area contributed by atoms with Crippen LogP contribution in [0.25, 0.3) is 11.3 Å². The topological polar surface area (TPSA) is 41.6 Å². The quantitative estimate of drug-likeness (QED) is 0.821. The molecule has 17 heavy (non-hydrogen) atoms. The van der Waals surface area contributed by atoms with Crippen LogP contribution in [0.5, 0.6) is 0 Å². The average Bonchev–Trinajstić information content (AvgIpc) is 2.29. The zero-order chi connectivity index (χ0) is 12.4. The summed E-state index contributed by atoms with van der Waals surface area (Å²) >= 11 is 5.29. The fourth-order valence-corrected chi connectivity index (χ4v) is 2.19. The maximum Gasteiger partial charge on any atom is 0.133 e. The number of aromatic nitrogens is 3. The molecule has 0 aliphatic rings. The van der Waals surface area contributed by atoms with Crippen LogP contribution in [0.4, 0.5) is 0 Å². The Bertz CT molecular complexity index is 570. The summed E-state index contributed by atoms with van der Waals surface area (Å²) in [4.78, 5) is 11.6. The average molecular weight is 245 g/mol. The largest absolute Gasteiger partial charge is 0.345 e. The Morgan fingerprint density at radius 1 is 1.24 bits per heavy atom. The predicted molar refractivity (Wildman–Crippen MR) is 71.5 cm³/mol. The van der Waals surface area contributed by atoms with Crippen molar-refractivity contribution in [3.63, 3.8) is 0 Å². The van der Waals surface area contributed by atoms with Crippen molar-refractivity contribution in [2.75, 3.05) is 0 Å². The molecule has 0 aromatic carbocycles. The normalized spacial score (nSPS) is 10.8. The van der Waals surface area contributed by atoms with Crippen molar-refractivity contribution in [2.24, 2.45) is 0 Å². The Morgan fingerprint density at radius 2 is 2.00 bits per heavy atom. The Labute approximate surface area is 106 Å². The van der Waals surface area contributed by atoms with Gasteiger partial charge in [-0.3, -0.25) is 4.98 Å². The molecule has 0 spiro atoms. The molecule has 0 aliphatic heterocycles. The predicted octanol–water partition coefficient (Wildman–Crippen LogP) is 3.63. The van der Waals surface area contributed by atoms with Gasteiger partial charge in [0.05, 0.1) is 12.0 Å². The minimum absolute atomic E-state index is 0.337. The van der Waals surface area contributed by atoms with E-state index in [1.54, 1.807) is 6.33 Å². The van der Waals surface area contributed by atoms with Crippen molar-refractivity contribution >= 4 is 12.2 Å². The lowest BCUT2D eigenvalue weighted by Gasteiger charge is -2.12. The molecule has 0 saturated heterocycles. The van der Waals surface area contributed by atoms with Crippen LogP contribution in [-0.4, -0.2) is 15.0 Å². The molecule has 0 aliphatic carbocycles. The van der Waals surface area contributed by atoms with Crippen molar-refractivity contribution < 1.29 is 0 Å². The van der Waals surface area contributed by atoms with Gasteiger partial charge in [-0.15, -0.1) is 0 Å². The first kappa shape index (κ1) is 11.9. The summed E-state index contributed by atoms with van der Waals surface area (Å²) in [5.41, 5.74) is 4.15. The number of nitrogens with zero attached hydrogens (tertiary/aromatic N) is 2. The van der Waals surface area contributed by atoms with E-state index in [0.717, 1.165) is 22.5 Å². The van der Waals surface area contributed by atoms with Gasteiger partial charge in [-0.1, -0.05) is 26.1 Å². The smallest absolute Gasteiger partial charge is 0.133 e. The van der Waals surface area contributed by atoms with Gasteiger partial charge in [0.15, 0.2) is 0 Å². The summed E-state index contributed by atoms with van der Waals surface area (Å²) in [6.45, 7) is 6.21. The van der Waals surface area contributed by atoms with Crippen LogP contribution < -0.4 is 0 Å². The molecule has 0 saturated carbocycles. The number of H-pyrrole nitrogens is 1. The van der Waals surface area contributed by atoms with Gasteiger partial charge in [-0.2, -0.15) is 0 Å². The lowest BCUT2D eigenvalue weighted by molar-refractivity contribution is 0.843. The molecule has 0 amide bonds. The molecule has 0 unspecified atom stereocenters. The van der Waals surface area contributed by atoms with Crippen molar-refractivity contribution in [1.29, 1.82) is 0 Å². The first-order chi connectivity index (χ1) is 8.09. The number of hydrogen-bond donors (Lipinski definition) is 1. The molecule has 88 valence electrons. The Balaban J connectivity index is 2.63. The Morgan fingerprint density at radius 3 is 2.59 bits per heavy atom. The molecule has 1 N–H and O–H groups in total. The summed E-state index contributed by atoms with van der Waals surface area (Å²) in [6, 6.07) is 4.05. The highest BCUT2D eigenvalue weighted by molar-refractivity contribution is 7.71. The van der Waals surface area contributed by atoms with Crippen molar-refractivity contribution in [1.82, 2.24) is 15.0 Å². The molecular weight excluding hydrogens is 230 g/mol. The van der Waals surface area contributed by atoms with Gasteiger partial charge in [0, 0.05) is 23.0 Å². The van der Waals surface area contributed by atoms with Crippen LogP contribution in [-0.2, 0) is 0 Å². The van der Waals surface area contributed by atoms with Gasteiger partial charge in [0.2, 0.25) is 0 Å². The van der Waals surface area contributed by atoms with Crippen LogP contribution in [0.15, 0.2) is 24.7 Å². The number of nitrogens with one attached hydrogen (secondary N) is 1. The van der Waals surface area contributed by atoms with E-state index in [0.29, 0.717) is 10.6 Å². The van der Waals surface area contributed by atoms with Crippen LogP contribution in [0.2, 0.25) is 0 Å². The monoisotopic (exact) mass is 245 g/mol. The fourth-order valence-electron chi connectivity index (χ4n) is 1.80. The van der Waals surface area contributed by atoms with E-state index < -0.39 is 0 Å². The highest BCUT2D eigenvalue weighted by Crippen LogP contribution is 2.26. The fraction of sp³-hybridized carbons (Fsp3) is 0.308. The third kappa shape index (κ3) is 2.42. The minimum atomic E-state index is 0.337. The number of pyridine rings is 1. The molecular formula is C13H15N3S. The molecule has 2 aromatic heterocycles. The third-order valence-electron chi connectivity index (χ3n) is 2.67. The van der Waals surface area contributed by atoms with E-state index in [4.69, 9.17) is 12.2 Å². The number of aromatic amines is 1. The molecule has 2 heterocycles. The van der Waals surface area contributed by atoms with Crippen LogP contribution in [0.1, 0.15) is 31.0 Å². The zero-order valence-corrected chi connectivity index (χ0v) is 11.0. The number of hydrogen-bond acceptors (Lipinski definition) is 3. The second-order valence-electron chi connectivity index (χ2n) is 4.34. The molecule has 0 radical (unpaired) electrons. The first-order valence-corrected chi connectivity index (χ1v) is 6.01. The van der Waals surface area contributed by atoms with Crippen molar-refractivity contribution in [3.8, 4) is 11.3 Å². The lowest BCUT2D eigenvalue weighted by atomic mass is 9.99. The van der Waals surface area contributed by atoms with Gasteiger partial charge < -0.3 is 4.98 Å². The SMILES string of the molecule is Cc1ccc(-c2[nH]cnc(=S)c2C(C)C)cn1. The van der Waals surface area contributed by atoms with Gasteiger partial charge in [0.1, 0.15) is 4.64 Å². The third-order valence-corrected chi connectivity index (χ3v) is 2.99. The van der Waals surface area contributed by atoms with Crippen molar-refractivity contribution in [3.05, 3.63) is 40.6 Å². The first-order valence-electron chi connectivity index (χ1n) is 5.60. The van der Waals surface area contributed by atoms with E-state index in [1.165, 1.54) is 0 Å². The maximum atomic E-state index is 5.29. The molecule has 0 fully saturated rings. The summed E-state index contributed by atoms with van der Waals surface area (Å²) in [5, 5.41) is 0. The second-order valence-corrected chi connectivity index (χ2v) is 4.73. The number of aryl methyl sites for hydroxylation is 1. The van der Waals surface area contributed by atoms with Crippen LogP contribution in [0.3, 0.4) is 0 Å². The summed E-state index contributed by atoms with van der Waals surface area (Å²) in [5.74, 6) is 0.337. The number of rotatable bonds is 2. The van der Waals surface area contributed by atoms with Crippen LogP contribution >= 0.6 is 12.2 Å². The van der Waals surface area contributed by atoms with Crippen molar-refractivity contribution in [2.45, 2.75) is 26.7 Å². The standard InChI is InChI=1S/C13H15N3S/c1-8(2)11-12(15-7-16-13(11)17)10-5-4-9(3)14-6-10/h4-8H,1-3H3,(H,15,16,17). The lowest BCUT2D eigenvalue weighted by Crippen LogP contribution is -1.99. The molecule has 0 bridgehead atoms. The summed E-state index contributed by atoms with van der Waals surface area (Å²) < 4.78 is 0.661. The van der Waals surface area contributed by atoms with E-state index >= 15 is 0 Å². The highest BCUT2D eigenvalue weighted by Gasteiger charge is 2.11. The Kier molecular flexibility index (Phi) is 3.33. The summed E-state index contributed by atoms with van der Waals surface area (Å²) in [6.07, 6.45) is 3.51. The van der Waals surface area contributed by atoms with E-state index in [9.17, 15) is 0 Å². The molecule has 2 rings (SSSR count). The zero-order valence-electron chi connectivity index (χ0n) is 10.2. The van der Waals surface area contributed by atoms with E-state index in [-0.39, 0.29) is 0 Å². The molecule has 4 heteroatoms. The van der Waals surface area contributed by atoms with Gasteiger partial charge in [0.25, 0.3) is 0 Å². The van der Waals surface area contributed by atoms with E-state index in [2.05, 4.69) is 34.9 Å². The van der Waals surface area contributed by atoms with Gasteiger partial charge in [-0.05, 0) is 25.0 Å². The van der Waals surface area contributed by atoms with E-state index in [1.807, 2.05) is 19.2 Å². The molecule has 3 nitrogen and oxygen atoms in total. The maximum absolute atomic E-state index is 5.29. The summed E-state index contributed by atoms with van der Waals surface area (Å²) in [7, 11) is 0. The highest BCUT2D eigenvalue weighted by atomic mass is 32.1.